The zero-order chi connectivity index (χ0) is 17.5. The van der Waals surface area contributed by atoms with Crippen LogP contribution in [-0.4, -0.2) is 37.7 Å². The molecular weight excluding hydrogens is 306 g/mol. The first kappa shape index (κ1) is 17.7. The van der Waals surface area contributed by atoms with Crippen molar-refractivity contribution in [3.63, 3.8) is 0 Å². The second-order valence-electron chi connectivity index (χ2n) is 8.39. The fourth-order valence-corrected chi connectivity index (χ4v) is 5.50. The summed E-state index contributed by atoms with van der Waals surface area (Å²) < 4.78 is 10.8. The molecular formula is C19H31NO4. The largest absolute Gasteiger partial charge is 0.462 e. The molecule has 1 aliphatic heterocycles. The SMILES string of the molecule is COCCC(=O)NC1CCC2(C)CCC3C(C)C(=O)OC3C2C1C. The number of ether oxygens (including phenoxy) is 2. The highest BCUT2D eigenvalue weighted by atomic mass is 16.6. The highest BCUT2D eigenvalue weighted by Crippen LogP contribution is 2.57. The molecule has 0 radical (unpaired) electrons. The maximum absolute atomic E-state index is 12.1. The number of nitrogens with one attached hydrogen (secondary N) is 1. The standard InChI is InChI=1S/C19H31NO4/c1-11-13-5-8-19(3)9-6-14(20-15(21)7-10-23-4)12(2)16(19)17(13)24-18(11)22/h11-14,16-17H,5-10H2,1-4H3,(H,20,21). The van der Waals surface area contributed by atoms with Crippen molar-refractivity contribution in [2.45, 2.75) is 65.0 Å². The van der Waals surface area contributed by atoms with Crippen molar-refractivity contribution >= 4 is 11.9 Å². The number of fused-ring (bicyclic) bond motifs is 3. The van der Waals surface area contributed by atoms with E-state index in [-0.39, 0.29) is 35.4 Å². The van der Waals surface area contributed by atoms with Gasteiger partial charge in [-0.15, -0.1) is 0 Å². The average Bonchev–Trinajstić information content (AvgIpc) is 2.82. The van der Waals surface area contributed by atoms with Crippen LogP contribution in [0.4, 0.5) is 0 Å². The van der Waals surface area contributed by atoms with E-state index in [2.05, 4.69) is 19.2 Å². The number of methoxy groups -OCH3 is 1. The van der Waals surface area contributed by atoms with E-state index < -0.39 is 0 Å². The molecule has 0 bridgehead atoms. The summed E-state index contributed by atoms with van der Waals surface area (Å²) in [5, 5.41) is 3.20. The summed E-state index contributed by atoms with van der Waals surface area (Å²) in [5.74, 6) is 1.05. The predicted molar refractivity (Wildman–Crippen MR) is 90.2 cm³/mol. The second-order valence-corrected chi connectivity index (χ2v) is 8.39. The molecule has 24 heavy (non-hydrogen) atoms. The van der Waals surface area contributed by atoms with Crippen molar-refractivity contribution in [2.75, 3.05) is 13.7 Å². The van der Waals surface area contributed by atoms with Crippen molar-refractivity contribution in [1.82, 2.24) is 5.32 Å². The monoisotopic (exact) mass is 337 g/mol. The fraction of sp³-hybridized carbons (Fsp3) is 0.895. The van der Waals surface area contributed by atoms with Gasteiger partial charge in [-0.3, -0.25) is 9.59 Å². The Morgan fingerprint density at radius 2 is 2.04 bits per heavy atom. The number of hydrogen-bond acceptors (Lipinski definition) is 4. The van der Waals surface area contributed by atoms with Gasteiger partial charge in [-0.1, -0.05) is 20.8 Å². The Kier molecular flexibility index (Phi) is 4.92. The maximum atomic E-state index is 12.1. The molecule has 2 aliphatic carbocycles. The zero-order valence-electron chi connectivity index (χ0n) is 15.3. The van der Waals surface area contributed by atoms with Gasteiger partial charge in [-0.25, -0.2) is 0 Å². The Morgan fingerprint density at radius 3 is 2.75 bits per heavy atom. The van der Waals surface area contributed by atoms with Gasteiger partial charge in [0.2, 0.25) is 5.91 Å². The van der Waals surface area contributed by atoms with Crippen LogP contribution in [0.5, 0.6) is 0 Å². The number of hydrogen-bond donors (Lipinski definition) is 1. The first-order chi connectivity index (χ1) is 11.4. The van der Waals surface area contributed by atoms with E-state index in [9.17, 15) is 9.59 Å². The van der Waals surface area contributed by atoms with Crippen LogP contribution < -0.4 is 5.32 Å². The third-order valence-corrected chi connectivity index (χ3v) is 7.00. The molecule has 1 amide bonds. The maximum Gasteiger partial charge on any atom is 0.309 e. The van der Waals surface area contributed by atoms with E-state index in [0.717, 1.165) is 25.7 Å². The second kappa shape index (κ2) is 6.66. The molecule has 1 N–H and O–H groups in total. The van der Waals surface area contributed by atoms with Crippen molar-refractivity contribution in [1.29, 1.82) is 0 Å². The Balaban J connectivity index is 1.74. The Morgan fingerprint density at radius 1 is 1.33 bits per heavy atom. The van der Waals surface area contributed by atoms with Crippen LogP contribution in [0.2, 0.25) is 0 Å². The molecule has 3 aliphatic rings. The smallest absolute Gasteiger partial charge is 0.309 e. The molecule has 1 saturated heterocycles. The molecule has 0 aromatic heterocycles. The molecule has 0 spiro atoms. The van der Waals surface area contributed by atoms with Gasteiger partial charge in [0.25, 0.3) is 0 Å². The molecule has 5 nitrogen and oxygen atoms in total. The highest BCUT2D eigenvalue weighted by molar-refractivity contribution is 5.76. The van der Waals surface area contributed by atoms with Crippen molar-refractivity contribution < 1.29 is 19.1 Å². The molecule has 2 saturated carbocycles. The van der Waals surface area contributed by atoms with Crippen LogP contribution in [0.15, 0.2) is 0 Å². The topological polar surface area (TPSA) is 64.6 Å². The van der Waals surface area contributed by atoms with Crippen LogP contribution in [0.3, 0.4) is 0 Å². The van der Waals surface area contributed by atoms with Gasteiger partial charge in [-0.05, 0) is 37.0 Å². The molecule has 7 unspecified atom stereocenters. The van der Waals surface area contributed by atoms with Crippen LogP contribution in [0.1, 0.15) is 52.9 Å². The number of rotatable bonds is 4. The highest BCUT2D eigenvalue weighted by Gasteiger charge is 2.58. The van der Waals surface area contributed by atoms with Crippen LogP contribution in [0, 0.1) is 29.1 Å². The lowest BCUT2D eigenvalue weighted by Gasteiger charge is -2.54. The lowest BCUT2D eigenvalue weighted by Crippen LogP contribution is -2.57. The minimum Gasteiger partial charge on any atom is -0.462 e. The third kappa shape index (κ3) is 2.96. The van der Waals surface area contributed by atoms with E-state index in [4.69, 9.17) is 9.47 Å². The third-order valence-electron chi connectivity index (χ3n) is 7.00. The van der Waals surface area contributed by atoms with E-state index in [0.29, 0.717) is 30.8 Å². The van der Waals surface area contributed by atoms with E-state index >= 15 is 0 Å². The molecule has 0 aromatic rings. The summed E-state index contributed by atoms with van der Waals surface area (Å²) in [6.45, 7) is 7.04. The fourth-order valence-electron chi connectivity index (χ4n) is 5.50. The quantitative estimate of drug-likeness (QED) is 0.801. The van der Waals surface area contributed by atoms with Gasteiger partial charge >= 0.3 is 5.97 Å². The Bertz CT molecular complexity index is 508. The number of amides is 1. The van der Waals surface area contributed by atoms with Gasteiger partial charge in [0.15, 0.2) is 0 Å². The van der Waals surface area contributed by atoms with E-state index in [1.807, 2.05) is 6.92 Å². The lowest BCUT2D eigenvalue weighted by molar-refractivity contribution is -0.154. The molecule has 3 rings (SSSR count). The number of carbonyl (C=O) groups is 2. The van der Waals surface area contributed by atoms with Gasteiger partial charge in [0, 0.05) is 31.4 Å². The predicted octanol–water partition coefficient (Wildman–Crippen LogP) is 2.53. The average molecular weight is 337 g/mol. The number of carbonyl (C=O) groups excluding carboxylic acids is 2. The molecule has 0 aromatic carbocycles. The minimum atomic E-state index is -0.0345. The van der Waals surface area contributed by atoms with Crippen molar-refractivity contribution in [2.24, 2.45) is 29.1 Å². The zero-order valence-corrected chi connectivity index (χ0v) is 15.3. The normalized spacial score (nSPS) is 44.4. The molecule has 3 fully saturated rings. The molecule has 5 heteroatoms. The van der Waals surface area contributed by atoms with E-state index in [1.165, 1.54) is 0 Å². The van der Waals surface area contributed by atoms with Crippen LogP contribution in [0.25, 0.3) is 0 Å². The summed E-state index contributed by atoms with van der Waals surface area (Å²) in [6.07, 6.45) is 4.77. The molecule has 1 heterocycles. The molecule has 136 valence electrons. The van der Waals surface area contributed by atoms with Crippen LogP contribution >= 0.6 is 0 Å². The lowest BCUT2D eigenvalue weighted by atomic mass is 9.52. The Labute approximate surface area is 144 Å². The summed E-state index contributed by atoms with van der Waals surface area (Å²) in [4.78, 5) is 24.2. The van der Waals surface area contributed by atoms with Crippen LogP contribution in [-0.2, 0) is 19.1 Å². The molecule has 7 atom stereocenters. The van der Waals surface area contributed by atoms with Crippen molar-refractivity contribution in [3.8, 4) is 0 Å². The van der Waals surface area contributed by atoms with Gasteiger partial charge < -0.3 is 14.8 Å². The summed E-state index contributed by atoms with van der Waals surface area (Å²) in [6, 6.07) is 0.167. The first-order valence-corrected chi connectivity index (χ1v) is 9.36. The summed E-state index contributed by atoms with van der Waals surface area (Å²) in [7, 11) is 1.61. The van der Waals surface area contributed by atoms with Gasteiger partial charge in [0.1, 0.15) is 6.10 Å². The number of esters is 1. The van der Waals surface area contributed by atoms with Crippen molar-refractivity contribution in [3.05, 3.63) is 0 Å². The summed E-state index contributed by atoms with van der Waals surface area (Å²) in [5.41, 5.74) is 0.221. The summed E-state index contributed by atoms with van der Waals surface area (Å²) >= 11 is 0. The van der Waals surface area contributed by atoms with Gasteiger partial charge in [0.05, 0.1) is 12.5 Å². The Hall–Kier alpha value is -1.10. The van der Waals surface area contributed by atoms with E-state index in [1.54, 1.807) is 7.11 Å². The minimum absolute atomic E-state index is 0.0171. The first-order valence-electron chi connectivity index (χ1n) is 9.36. The van der Waals surface area contributed by atoms with Gasteiger partial charge in [-0.2, -0.15) is 0 Å².